The zero-order chi connectivity index (χ0) is 20.6. The number of hydrogen-bond acceptors (Lipinski definition) is 7. The van der Waals surface area contributed by atoms with Gasteiger partial charge in [0.1, 0.15) is 0 Å². The van der Waals surface area contributed by atoms with Crippen LogP contribution in [-0.2, 0) is 9.84 Å². The largest absolute Gasteiger partial charge is 0.366 e. The maximum atomic E-state index is 12.1. The summed E-state index contributed by atoms with van der Waals surface area (Å²) >= 11 is 0. The first-order valence-electron chi connectivity index (χ1n) is 8.70. The lowest BCUT2D eigenvalue weighted by atomic mass is 10.0. The zero-order valence-electron chi connectivity index (χ0n) is 16.0. The molecule has 9 nitrogen and oxygen atoms in total. The van der Waals surface area contributed by atoms with Crippen molar-refractivity contribution in [2.45, 2.75) is 37.9 Å². The van der Waals surface area contributed by atoms with E-state index in [1.807, 2.05) is 20.8 Å². The SMILES string of the molecule is CC(C)c1cnn2c(NC(C)c3ccccc3C(N)=O)nc(S(C)(=O)=O)nc12. The van der Waals surface area contributed by atoms with Crippen LogP contribution >= 0.6 is 0 Å². The summed E-state index contributed by atoms with van der Waals surface area (Å²) in [5.74, 6) is -0.236. The molecule has 2 aromatic heterocycles. The number of benzene rings is 1. The molecule has 0 aliphatic carbocycles. The van der Waals surface area contributed by atoms with Gasteiger partial charge in [-0.05, 0) is 24.5 Å². The smallest absolute Gasteiger partial charge is 0.252 e. The van der Waals surface area contributed by atoms with Crippen LogP contribution in [0.3, 0.4) is 0 Å². The molecule has 0 bridgehead atoms. The van der Waals surface area contributed by atoms with Gasteiger partial charge in [0, 0.05) is 17.4 Å². The number of primary amides is 1. The van der Waals surface area contributed by atoms with Crippen molar-refractivity contribution in [2.75, 3.05) is 11.6 Å². The number of hydrogen-bond donors (Lipinski definition) is 2. The molecule has 0 aliphatic heterocycles. The highest BCUT2D eigenvalue weighted by Crippen LogP contribution is 2.25. The highest BCUT2D eigenvalue weighted by atomic mass is 32.2. The van der Waals surface area contributed by atoms with Crippen molar-refractivity contribution in [1.82, 2.24) is 19.6 Å². The number of amides is 1. The third-order valence-corrected chi connectivity index (χ3v) is 5.21. The molecule has 3 aromatic rings. The van der Waals surface area contributed by atoms with E-state index in [1.54, 1.807) is 30.5 Å². The van der Waals surface area contributed by atoms with E-state index in [9.17, 15) is 13.2 Å². The zero-order valence-corrected chi connectivity index (χ0v) is 16.9. The quantitative estimate of drug-likeness (QED) is 0.643. The summed E-state index contributed by atoms with van der Waals surface area (Å²) in [7, 11) is -3.64. The van der Waals surface area contributed by atoms with E-state index in [2.05, 4.69) is 20.4 Å². The predicted octanol–water partition coefficient (Wildman–Crippen LogP) is 1.92. The van der Waals surface area contributed by atoms with Crippen molar-refractivity contribution >= 4 is 27.3 Å². The monoisotopic (exact) mass is 402 g/mol. The molecule has 148 valence electrons. The van der Waals surface area contributed by atoms with Crippen molar-refractivity contribution in [1.29, 1.82) is 0 Å². The highest BCUT2D eigenvalue weighted by Gasteiger charge is 2.22. The molecule has 28 heavy (non-hydrogen) atoms. The number of carbonyl (C=O) groups is 1. The van der Waals surface area contributed by atoms with Crippen LogP contribution in [-0.4, -0.2) is 40.2 Å². The molecular weight excluding hydrogens is 380 g/mol. The van der Waals surface area contributed by atoms with Crippen LogP contribution in [0.25, 0.3) is 5.65 Å². The van der Waals surface area contributed by atoms with E-state index >= 15 is 0 Å². The Morgan fingerprint density at radius 3 is 2.43 bits per heavy atom. The van der Waals surface area contributed by atoms with Gasteiger partial charge in [0.25, 0.3) is 5.16 Å². The van der Waals surface area contributed by atoms with Gasteiger partial charge in [0.05, 0.1) is 12.2 Å². The number of nitrogens with two attached hydrogens (primary N) is 1. The number of rotatable bonds is 6. The van der Waals surface area contributed by atoms with Gasteiger partial charge in [-0.2, -0.15) is 19.6 Å². The average Bonchev–Trinajstić information content (AvgIpc) is 3.05. The molecule has 1 amide bonds. The van der Waals surface area contributed by atoms with Gasteiger partial charge in [-0.3, -0.25) is 4.79 Å². The number of carbonyl (C=O) groups excluding carboxylic acids is 1. The van der Waals surface area contributed by atoms with Crippen LogP contribution < -0.4 is 11.1 Å². The van der Waals surface area contributed by atoms with E-state index in [4.69, 9.17) is 5.73 Å². The molecule has 0 aliphatic rings. The van der Waals surface area contributed by atoms with E-state index in [0.717, 1.165) is 11.8 Å². The van der Waals surface area contributed by atoms with E-state index < -0.39 is 15.7 Å². The second-order valence-corrected chi connectivity index (χ2v) is 8.82. The number of sulfone groups is 1. The lowest BCUT2D eigenvalue weighted by Crippen LogP contribution is -2.20. The Bertz CT molecular complexity index is 1150. The van der Waals surface area contributed by atoms with Crippen molar-refractivity contribution in [3.05, 3.63) is 47.2 Å². The molecule has 0 fully saturated rings. The normalized spacial score (nSPS) is 13.0. The van der Waals surface area contributed by atoms with E-state index in [1.165, 1.54) is 4.52 Å². The molecule has 0 spiro atoms. The van der Waals surface area contributed by atoms with Gasteiger partial charge in [-0.15, -0.1) is 0 Å². The lowest BCUT2D eigenvalue weighted by Gasteiger charge is -2.18. The first kappa shape index (κ1) is 19.7. The van der Waals surface area contributed by atoms with Gasteiger partial charge < -0.3 is 11.1 Å². The van der Waals surface area contributed by atoms with Gasteiger partial charge in [0.15, 0.2) is 5.65 Å². The maximum Gasteiger partial charge on any atom is 0.252 e. The fraction of sp³-hybridized carbons (Fsp3) is 0.333. The van der Waals surface area contributed by atoms with Crippen LogP contribution in [0, 0.1) is 0 Å². The predicted molar refractivity (Wildman–Crippen MR) is 105 cm³/mol. The molecule has 0 radical (unpaired) electrons. The fourth-order valence-corrected chi connectivity index (χ4v) is 3.42. The third-order valence-electron chi connectivity index (χ3n) is 4.37. The first-order valence-corrected chi connectivity index (χ1v) is 10.6. The lowest BCUT2D eigenvalue weighted by molar-refractivity contribution is 0.0999. The van der Waals surface area contributed by atoms with Crippen LogP contribution in [0.5, 0.6) is 0 Å². The second kappa shape index (κ2) is 7.19. The number of fused-ring (bicyclic) bond motifs is 1. The number of nitrogens with one attached hydrogen (secondary N) is 1. The van der Waals surface area contributed by atoms with Gasteiger partial charge in [-0.1, -0.05) is 32.0 Å². The number of nitrogens with zero attached hydrogens (tertiary/aromatic N) is 4. The topological polar surface area (TPSA) is 132 Å². The molecule has 2 heterocycles. The van der Waals surface area contributed by atoms with Crippen molar-refractivity contribution in [2.24, 2.45) is 5.73 Å². The molecule has 0 saturated carbocycles. The van der Waals surface area contributed by atoms with Gasteiger partial charge in [-0.25, -0.2) is 8.42 Å². The summed E-state index contributed by atoms with van der Waals surface area (Å²) in [6.45, 7) is 5.76. The fourth-order valence-electron chi connectivity index (χ4n) is 2.91. The van der Waals surface area contributed by atoms with E-state index in [-0.39, 0.29) is 23.1 Å². The third kappa shape index (κ3) is 3.68. The molecule has 10 heteroatoms. The van der Waals surface area contributed by atoms with Gasteiger partial charge in [0.2, 0.25) is 21.7 Å². The molecule has 1 unspecified atom stereocenters. The summed E-state index contributed by atoms with van der Waals surface area (Å²) < 4.78 is 25.6. The molecule has 3 rings (SSSR count). The van der Waals surface area contributed by atoms with Crippen LogP contribution in [0.15, 0.2) is 35.6 Å². The summed E-state index contributed by atoms with van der Waals surface area (Å²) in [6, 6.07) is 6.54. The highest BCUT2D eigenvalue weighted by molar-refractivity contribution is 7.90. The van der Waals surface area contributed by atoms with Crippen molar-refractivity contribution < 1.29 is 13.2 Å². The summed E-state index contributed by atoms with van der Waals surface area (Å²) in [6.07, 6.45) is 2.70. The first-order chi connectivity index (χ1) is 13.1. The molecule has 1 atom stereocenters. The maximum absolute atomic E-state index is 12.1. The van der Waals surface area contributed by atoms with Gasteiger partial charge >= 0.3 is 0 Å². The Kier molecular flexibility index (Phi) is 5.07. The van der Waals surface area contributed by atoms with Crippen LogP contribution in [0.2, 0.25) is 0 Å². The Hall–Kier alpha value is -3.01. The van der Waals surface area contributed by atoms with Crippen LogP contribution in [0.4, 0.5) is 5.95 Å². The Morgan fingerprint density at radius 1 is 1.14 bits per heavy atom. The molecule has 1 aromatic carbocycles. The number of aromatic nitrogens is 4. The van der Waals surface area contributed by atoms with Crippen molar-refractivity contribution in [3.8, 4) is 0 Å². The summed E-state index contributed by atoms with van der Waals surface area (Å²) in [4.78, 5) is 20.1. The van der Waals surface area contributed by atoms with Crippen molar-refractivity contribution in [3.63, 3.8) is 0 Å². The minimum absolute atomic E-state index is 0.0978. The standard InChI is InChI=1S/C18H22N6O3S/c1-10(2)14-9-20-24-16(14)22-18(28(4,26)27)23-17(24)21-11(3)12-7-5-6-8-13(12)15(19)25/h5-11H,1-4H3,(H2,19,25)(H,21,22,23). The molecular formula is C18H22N6O3S. The molecule has 0 saturated heterocycles. The summed E-state index contributed by atoms with van der Waals surface area (Å²) in [5.41, 5.74) is 7.73. The Morgan fingerprint density at radius 2 is 1.82 bits per heavy atom. The average molecular weight is 402 g/mol. The summed E-state index contributed by atoms with van der Waals surface area (Å²) in [5, 5.41) is 7.16. The molecule has 3 N–H and O–H groups in total. The number of anilines is 1. The Labute approximate surface area is 162 Å². The Balaban J connectivity index is 2.14. The minimum Gasteiger partial charge on any atom is -0.366 e. The van der Waals surface area contributed by atoms with Crippen LogP contribution in [0.1, 0.15) is 54.2 Å². The minimum atomic E-state index is -3.64. The second-order valence-electron chi connectivity index (χ2n) is 6.91. The van der Waals surface area contributed by atoms with E-state index in [0.29, 0.717) is 16.8 Å².